The van der Waals surface area contributed by atoms with Gasteiger partial charge >= 0.3 is 12.1 Å². The van der Waals surface area contributed by atoms with E-state index in [4.69, 9.17) is 14.2 Å². The number of carboxylic acid groups (broad SMARTS) is 1. The van der Waals surface area contributed by atoms with Crippen molar-refractivity contribution in [2.24, 2.45) is 0 Å². The number of alkyl carbamates (subject to hydrolysis) is 1. The number of hydrogen-bond donors (Lipinski definition) is 3. The lowest BCUT2D eigenvalue weighted by Crippen LogP contribution is -2.55. The highest BCUT2D eigenvalue weighted by molar-refractivity contribution is 5.88. The summed E-state index contributed by atoms with van der Waals surface area (Å²) in [5.74, 6) is -1.96. The highest BCUT2D eigenvalue weighted by Crippen LogP contribution is 2.44. The molecule has 0 unspecified atom stereocenters. The molecule has 0 bridgehead atoms. The number of ether oxygens (including phenoxy) is 3. The summed E-state index contributed by atoms with van der Waals surface area (Å²) in [5.41, 5.74) is 5.34. The lowest BCUT2D eigenvalue weighted by molar-refractivity contribution is -0.148. The number of aliphatic carboxylic acids is 1. The molecule has 3 aromatic rings. The maximum atomic E-state index is 13.0. The van der Waals surface area contributed by atoms with Crippen molar-refractivity contribution in [3.63, 3.8) is 0 Å². The van der Waals surface area contributed by atoms with Crippen LogP contribution in [-0.4, -0.2) is 60.6 Å². The van der Waals surface area contributed by atoms with Crippen molar-refractivity contribution < 1.29 is 33.7 Å². The van der Waals surface area contributed by atoms with Gasteiger partial charge in [-0.1, -0.05) is 78.9 Å². The van der Waals surface area contributed by atoms with Crippen molar-refractivity contribution in [2.75, 3.05) is 13.2 Å². The third kappa shape index (κ3) is 6.00. The van der Waals surface area contributed by atoms with Gasteiger partial charge in [-0.25, -0.2) is 9.59 Å². The Hall–Kier alpha value is -4.21. The minimum absolute atomic E-state index is 0.0919. The van der Waals surface area contributed by atoms with E-state index in [1.54, 1.807) is 6.92 Å². The van der Waals surface area contributed by atoms with E-state index in [2.05, 4.69) is 22.8 Å². The summed E-state index contributed by atoms with van der Waals surface area (Å²) < 4.78 is 16.9. The third-order valence-electron chi connectivity index (χ3n) is 7.39. The SMILES string of the molecule is C[C@H](OCc1ccccc1)[C@@H](NC(=O)[C@H]1OCC[C@H]1NC(=O)OCC1c2ccccc2-c2ccccc21)C(=O)O. The number of rotatable bonds is 10. The van der Waals surface area contributed by atoms with E-state index in [1.807, 2.05) is 66.7 Å². The zero-order valence-corrected chi connectivity index (χ0v) is 22.1. The number of amides is 2. The van der Waals surface area contributed by atoms with Crippen molar-refractivity contribution in [1.82, 2.24) is 10.6 Å². The van der Waals surface area contributed by atoms with E-state index in [0.717, 1.165) is 27.8 Å². The number of carbonyl (C=O) groups is 3. The highest BCUT2D eigenvalue weighted by atomic mass is 16.6. The van der Waals surface area contributed by atoms with Gasteiger partial charge in [0.25, 0.3) is 5.91 Å². The number of nitrogens with one attached hydrogen (secondary N) is 2. The average Bonchev–Trinajstić information content (AvgIpc) is 3.56. The van der Waals surface area contributed by atoms with Crippen LogP contribution in [0.25, 0.3) is 11.1 Å². The summed E-state index contributed by atoms with van der Waals surface area (Å²) in [7, 11) is 0. The molecule has 3 N–H and O–H groups in total. The quantitative estimate of drug-likeness (QED) is 0.354. The van der Waals surface area contributed by atoms with Crippen molar-refractivity contribution in [1.29, 1.82) is 0 Å². The van der Waals surface area contributed by atoms with Crippen LogP contribution in [0.4, 0.5) is 4.79 Å². The van der Waals surface area contributed by atoms with Crippen LogP contribution < -0.4 is 10.6 Å². The van der Waals surface area contributed by atoms with Crippen LogP contribution in [0.2, 0.25) is 0 Å². The van der Waals surface area contributed by atoms with Crippen LogP contribution in [-0.2, 0) is 30.4 Å². The number of carbonyl (C=O) groups excluding carboxylic acids is 2. The van der Waals surface area contributed by atoms with Crippen LogP contribution in [0.3, 0.4) is 0 Å². The fourth-order valence-electron chi connectivity index (χ4n) is 5.30. The molecule has 40 heavy (non-hydrogen) atoms. The largest absolute Gasteiger partial charge is 0.480 e. The summed E-state index contributed by atoms with van der Waals surface area (Å²) in [4.78, 5) is 37.7. The molecule has 9 nitrogen and oxygen atoms in total. The molecule has 0 saturated carbocycles. The molecule has 3 aromatic carbocycles. The lowest BCUT2D eigenvalue weighted by atomic mass is 9.98. The molecule has 0 radical (unpaired) electrons. The number of carboxylic acids is 1. The molecule has 1 heterocycles. The van der Waals surface area contributed by atoms with Crippen molar-refractivity contribution in [3.8, 4) is 11.1 Å². The second-order valence-electron chi connectivity index (χ2n) is 9.98. The molecule has 1 aliphatic carbocycles. The molecule has 9 heteroatoms. The fourth-order valence-corrected chi connectivity index (χ4v) is 5.30. The topological polar surface area (TPSA) is 123 Å². The Kier molecular flexibility index (Phi) is 8.42. The van der Waals surface area contributed by atoms with Gasteiger partial charge in [-0.3, -0.25) is 4.79 Å². The van der Waals surface area contributed by atoms with E-state index >= 15 is 0 Å². The third-order valence-corrected chi connectivity index (χ3v) is 7.39. The summed E-state index contributed by atoms with van der Waals surface area (Å²) >= 11 is 0. The van der Waals surface area contributed by atoms with Gasteiger partial charge in [0.15, 0.2) is 12.1 Å². The average molecular weight is 545 g/mol. The lowest BCUT2D eigenvalue weighted by Gasteiger charge is -2.25. The van der Waals surface area contributed by atoms with Gasteiger partial charge < -0.3 is 30.0 Å². The maximum absolute atomic E-state index is 13.0. The first-order valence-electron chi connectivity index (χ1n) is 13.3. The van der Waals surface area contributed by atoms with Gasteiger partial charge in [0.05, 0.1) is 18.8 Å². The Labute approximate surface area is 232 Å². The molecule has 0 aromatic heterocycles. The summed E-state index contributed by atoms with van der Waals surface area (Å²) in [6, 6.07) is 23.5. The molecule has 1 saturated heterocycles. The number of benzene rings is 3. The molecule has 208 valence electrons. The first-order chi connectivity index (χ1) is 19.4. The zero-order chi connectivity index (χ0) is 28.1. The van der Waals surface area contributed by atoms with Gasteiger partial charge in [0, 0.05) is 12.5 Å². The van der Waals surface area contributed by atoms with Gasteiger partial charge in [-0.2, -0.15) is 0 Å². The summed E-state index contributed by atoms with van der Waals surface area (Å²) in [6.07, 6.45) is -2.13. The molecular weight excluding hydrogens is 512 g/mol. The fraction of sp³-hybridized carbons (Fsp3) is 0.323. The van der Waals surface area contributed by atoms with Crippen molar-refractivity contribution >= 4 is 18.0 Å². The highest BCUT2D eigenvalue weighted by Gasteiger charge is 2.39. The van der Waals surface area contributed by atoms with E-state index in [0.29, 0.717) is 6.42 Å². The van der Waals surface area contributed by atoms with E-state index in [9.17, 15) is 19.5 Å². The predicted molar refractivity (Wildman–Crippen MR) is 147 cm³/mol. The Bertz CT molecular complexity index is 1320. The van der Waals surface area contributed by atoms with Crippen LogP contribution in [0, 0.1) is 0 Å². The summed E-state index contributed by atoms with van der Waals surface area (Å²) in [5, 5.41) is 15.0. The molecule has 2 amide bonds. The Morgan fingerprint density at radius 2 is 1.57 bits per heavy atom. The minimum Gasteiger partial charge on any atom is -0.480 e. The monoisotopic (exact) mass is 544 g/mol. The molecule has 1 aliphatic heterocycles. The van der Waals surface area contributed by atoms with E-state index < -0.39 is 42.3 Å². The van der Waals surface area contributed by atoms with Crippen molar-refractivity contribution in [3.05, 3.63) is 95.6 Å². The number of fused-ring (bicyclic) bond motifs is 3. The van der Waals surface area contributed by atoms with Crippen LogP contribution in [0.1, 0.15) is 36.0 Å². The second-order valence-corrected chi connectivity index (χ2v) is 9.98. The van der Waals surface area contributed by atoms with Gasteiger partial charge in [-0.15, -0.1) is 0 Å². The first kappa shape index (κ1) is 27.4. The Balaban J connectivity index is 1.16. The van der Waals surface area contributed by atoms with E-state index in [-0.39, 0.29) is 25.7 Å². The molecule has 1 fully saturated rings. The predicted octanol–water partition coefficient (Wildman–Crippen LogP) is 3.86. The van der Waals surface area contributed by atoms with Crippen LogP contribution >= 0.6 is 0 Å². The van der Waals surface area contributed by atoms with Crippen LogP contribution in [0.5, 0.6) is 0 Å². The van der Waals surface area contributed by atoms with Crippen LogP contribution in [0.15, 0.2) is 78.9 Å². The minimum atomic E-state index is -1.30. The smallest absolute Gasteiger partial charge is 0.407 e. The Morgan fingerprint density at radius 3 is 2.23 bits per heavy atom. The normalized spacial score (nSPS) is 19.2. The molecular formula is C31H32N2O7. The molecule has 0 spiro atoms. The molecule has 5 rings (SSSR count). The van der Waals surface area contributed by atoms with Gasteiger partial charge in [0.2, 0.25) is 0 Å². The molecule has 2 aliphatic rings. The van der Waals surface area contributed by atoms with Gasteiger partial charge in [0.1, 0.15) is 6.61 Å². The molecule has 4 atom stereocenters. The summed E-state index contributed by atoms with van der Waals surface area (Å²) in [6.45, 7) is 2.17. The van der Waals surface area contributed by atoms with E-state index in [1.165, 1.54) is 0 Å². The Morgan fingerprint density at radius 1 is 0.950 bits per heavy atom. The standard InChI is InChI=1S/C31H32N2O7/c1-19(39-17-20-9-3-2-4-10-20)27(30(35)36)33-29(34)28-26(15-16-38-28)32-31(37)40-18-25-23-13-7-5-11-21(23)22-12-6-8-14-24(22)25/h2-14,19,25-28H,15-18H2,1H3,(H,32,37)(H,33,34)(H,35,36)/t19-,26+,27+,28-/m0/s1. The zero-order valence-electron chi connectivity index (χ0n) is 22.1. The van der Waals surface area contributed by atoms with Crippen molar-refractivity contribution in [2.45, 2.75) is 50.2 Å². The maximum Gasteiger partial charge on any atom is 0.407 e. The first-order valence-corrected chi connectivity index (χ1v) is 13.3. The van der Waals surface area contributed by atoms with Gasteiger partial charge in [-0.05, 0) is 41.2 Å². The second kappa shape index (κ2) is 12.3. The number of hydrogen-bond acceptors (Lipinski definition) is 6.